The van der Waals surface area contributed by atoms with E-state index in [0.29, 0.717) is 0 Å². The van der Waals surface area contributed by atoms with E-state index in [9.17, 15) is 0 Å². The van der Waals surface area contributed by atoms with Crippen molar-refractivity contribution in [2.24, 2.45) is 0 Å². The Kier molecular flexibility index (Phi) is 3890. The Morgan fingerprint density at radius 1 is 1.29 bits per heavy atom. The lowest BCUT2D eigenvalue weighted by molar-refractivity contribution is -0.325. The van der Waals surface area contributed by atoms with Crippen LogP contribution in [-0.2, 0) is 4.79 Å². The van der Waals surface area contributed by atoms with Crippen LogP contribution in [0.1, 0.15) is 0 Å². The molecule has 0 saturated carbocycles. The maximum atomic E-state index is 8.25. The second kappa shape index (κ2) is 826. The van der Waals surface area contributed by atoms with Crippen molar-refractivity contribution in [3.63, 3.8) is 0 Å². The lowest BCUT2D eigenvalue weighted by Crippen LogP contribution is -2.01. The van der Waals surface area contributed by atoms with Crippen LogP contribution in [0.2, 0.25) is 0 Å². The molecule has 0 aliphatic heterocycles. The smallest absolute Gasteiger partial charge is 0.0275 e. The molecule has 7 heavy (non-hydrogen) atoms. The van der Waals surface area contributed by atoms with Gasteiger partial charge in [0.15, 0.2) is 0 Å². The summed E-state index contributed by atoms with van der Waals surface area (Å²) in [6, 6.07) is 0. The second-order valence-corrected chi connectivity index (χ2v) is 0.0962. The van der Waals surface area contributed by atoms with Gasteiger partial charge < -0.3 is 27.3 Å². The van der Waals surface area contributed by atoms with Gasteiger partial charge in [0.05, 0.1) is 0 Å². The summed E-state index contributed by atoms with van der Waals surface area (Å²) in [6.07, 6.45) is 0. The molecule has 0 radical (unpaired) electrons. The van der Waals surface area contributed by atoms with Crippen LogP contribution in [0.15, 0.2) is 0 Å². The topological polar surface area (TPSA) is 136 Å². The van der Waals surface area contributed by atoms with Gasteiger partial charge in [0.25, 0.3) is 0 Å². The van der Waals surface area contributed by atoms with E-state index in [4.69, 9.17) is 15.0 Å². The number of carbonyl (C=O) groups excluding carboxylic acids is 1. The van der Waals surface area contributed by atoms with Crippen molar-refractivity contribution in [1.29, 1.82) is 0 Å². The molecule has 0 fully saturated rings. The van der Waals surface area contributed by atoms with Crippen molar-refractivity contribution in [1.82, 2.24) is 12.3 Å². The highest BCUT2D eigenvalue weighted by Gasteiger charge is 0.996. The van der Waals surface area contributed by atoms with Crippen molar-refractivity contribution in [3.8, 4) is 0 Å². The third-order valence-corrected chi connectivity index (χ3v) is 0. The molecule has 0 unspecified atom stereocenters. The minimum absolute atomic E-state index is 0. The van der Waals surface area contributed by atoms with Gasteiger partial charge >= 0.3 is 0 Å². The third-order valence-electron chi connectivity index (χ3n) is 0. The molecular formula is C2H12N2O3. The zero-order valence-electron chi connectivity index (χ0n) is 4.80. The summed E-state index contributed by atoms with van der Waals surface area (Å²) in [6.45, 7) is -0.500. The van der Waals surface area contributed by atoms with E-state index >= 15 is 0 Å². The molecule has 0 aliphatic rings. The Bertz CT molecular complexity index is 18.4. The Hall–Kier alpha value is -0.650. The van der Waals surface area contributed by atoms with Crippen LogP contribution in [0, 0.1) is 0 Å². The molecule has 0 saturated heterocycles. The summed E-state index contributed by atoms with van der Waals surface area (Å²) in [5.74, 6) is 0. The minimum atomic E-state index is -0.500. The van der Waals surface area contributed by atoms with E-state index in [1.807, 2.05) is 0 Å². The van der Waals surface area contributed by atoms with Crippen molar-refractivity contribution in [3.05, 3.63) is 0 Å². The molecule has 0 heterocycles. The molecule has 0 rings (SSSR count). The summed E-state index contributed by atoms with van der Waals surface area (Å²) in [5, 5.41) is 16.5. The molecule has 0 amide bonds. The highest BCUT2D eigenvalue weighted by molar-refractivity contribution is 5.29. The first-order chi connectivity index (χ1) is 2.41. The highest BCUT2D eigenvalue weighted by Crippen LogP contribution is 0.754. The number of quaternary nitrogens is 2. The average Bonchev–Trinajstić information content (AvgIpc) is 1.46. The molecular weight excluding hydrogens is 100 g/mol. The van der Waals surface area contributed by atoms with Crippen LogP contribution >= 0.6 is 0 Å². The SMILES string of the molecule is C[O-].O=C[O-].[NH4+].[NH4+]. The Balaban J connectivity index is -0.0000000105. The predicted molar refractivity (Wildman–Crippen MR) is 24.0 cm³/mol. The zero-order chi connectivity index (χ0) is 4.71. The van der Waals surface area contributed by atoms with Crippen LogP contribution in [0.25, 0.3) is 0 Å². The normalized spacial score (nSPS) is 2.57. The first-order valence-electron chi connectivity index (χ1n) is 0.880. The van der Waals surface area contributed by atoms with Gasteiger partial charge in [0, 0.05) is 6.47 Å². The molecule has 5 heteroatoms. The van der Waals surface area contributed by atoms with Crippen LogP contribution < -0.4 is 22.5 Å². The molecule has 8 N–H and O–H groups in total. The van der Waals surface area contributed by atoms with Gasteiger partial charge in [0.2, 0.25) is 0 Å². The van der Waals surface area contributed by atoms with Gasteiger partial charge in [-0.05, 0) is 0 Å². The zero-order valence-corrected chi connectivity index (χ0v) is 4.80. The number of hydrogen-bond acceptors (Lipinski definition) is 3. The average molecular weight is 112 g/mol. The van der Waals surface area contributed by atoms with Crippen LogP contribution in [0.4, 0.5) is 0 Å². The van der Waals surface area contributed by atoms with Crippen LogP contribution in [0.3, 0.4) is 0 Å². The highest BCUT2D eigenvalue weighted by atomic mass is 16.3. The number of rotatable bonds is 0. The lowest BCUT2D eigenvalue weighted by Gasteiger charge is -1.57. The van der Waals surface area contributed by atoms with Gasteiger partial charge in [-0.3, -0.25) is 0 Å². The summed E-state index contributed by atoms with van der Waals surface area (Å²) in [4.78, 5) is 8.25. The molecule has 0 aromatic rings. The maximum Gasteiger partial charge on any atom is 0.0275 e. The third kappa shape index (κ3) is 142. The van der Waals surface area contributed by atoms with Crippen molar-refractivity contribution in [2.75, 3.05) is 7.11 Å². The number of hydrogen-bond donors (Lipinski definition) is 2. The van der Waals surface area contributed by atoms with E-state index in [2.05, 4.69) is 0 Å². The maximum absolute atomic E-state index is 8.25. The second-order valence-electron chi connectivity index (χ2n) is 0.0962. The largest absolute Gasteiger partial charge is 0.857 e. The fourth-order valence-electron chi connectivity index (χ4n) is 0. The van der Waals surface area contributed by atoms with Crippen molar-refractivity contribution >= 4 is 6.47 Å². The number of carbonyl (C=O) groups is 1. The Labute approximate surface area is 42.1 Å². The van der Waals surface area contributed by atoms with Gasteiger partial charge in [-0.25, -0.2) is 0 Å². The fourth-order valence-corrected chi connectivity index (χ4v) is 0. The summed E-state index contributed by atoms with van der Waals surface area (Å²) in [7, 11) is 0.750. The van der Waals surface area contributed by atoms with E-state index < -0.39 is 6.47 Å². The quantitative estimate of drug-likeness (QED) is 0.354. The first kappa shape index (κ1) is 32.9. The molecule has 0 aromatic carbocycles. The van der Waals surface area contributed by atoms with Crippen molar-refractivity contribution < 1.29 is 15.0 Å². The minimum Gasteiger partial charge on any atom is -0.857 e. The molecule has 0 spiro atoms. The molecule has 0 bridgehead atoms. The monoisotopic (exact) mass is 112 g/mol. The molecule has 0 aromatic heterocycles. The van der Waals surface area contributed by atoms with Crippen LogP contribution in [-0.4, -0.2) is 13.6 Å². The van der Waals surface area contributed by atoms with E-state index in [1.54, 1.807) is 0 Å². The molecule has 0 atom stereocenters. The standard InChI is InChI=1S/CH2O2.CH3O.2H3N/c2-1-3;1-2;;/h1H,(H,2,3);1H3;2*1H3/q;-1;;/p+1. The van der Waals surface area contributed by atoms with Gasteiger partial charge in [-0.15, -0.1) is 0 Å². The number of carboxylic acid groups (broad SMARTS) is 1. The molecule has 0 aliphatic carbocycles. The summed E-state index contributed by atoms with van der Waals surface area (Å²) < 4.78 is 0. The van der Waals surface area contributed by atoms with E-state index in [0.717, 1.165) is 7.11 Å². The summed E-state index contributed by atoms with van der Waals surface area (Å²) >= 11 is 0. The summed E-state index contributed by atoms with van der Waals surface area (Å²) in [5.41, 5.74) is 0. The van der Waals surface area contributed by atoms with Gasteiger partial charge in [-0.1, -0.05) is 0 Å². The van der Waals surface area contributed by atoms with Gasteiger partial charge in [0.1, 0.15) is 0 Å². The van der Waals surface area contributed by atoms with E-state index in [-0.39, 0.29) is 12.3 Å². The molecule has 5 nitrogen and oxygen atoms in total. The Morgan fingerprint density at radius 2 is 1.29 bits per heavy atom. The van der Waals surface area contributed by atoms with Crippen LogP contribution in [0.5, 0.6) is 0 Å². The lowest BCUT2D eigenvalue weighted by atomic mass is 11.7. The van der Waals surface area contributed by atoms with Gasteiger partial charge in [-0.2, -0.15) is 7.11 Å². The van der Waals surface area contributed by atoms with E-state index in [1.165, 1.54) is 0 Å². The Morgan fingerprint density at radius 3 is 1.29 bits per heavy atom. The predicted octanol–water partition coefficient (Wildman–Crippen LogP) is -1.90. The first-order valence-corrected chi connectivity index (χ1v) is 0.880. The fraction of sp³-hybridized carbons (Fsp3) is 0.500. The van der Waals surface area contributed by atoms with Crippen molar-refractivity contribution in [2.45, 2.75) is 0 Å². The molecule has 48 valence electrons.